The molecular formula is C35H31IN2. The molecule has 0 spiro atoms. The number of aryl methyl sites for hydroxylation is 1. The third-order valence-electron chi connectivity index (χ3n) is 7.44. The molecule has 3 aromatic carbocycles. The number of aromatic nitrogens is 1. The Morgan fingerprint density at radius 2 is 1.55 bits per heavy atom. The first-order valence-corrected chi connectivity index (χ1v) is 12.9. The maximum absolute atomic E-state index is 2.34. The third kappa shape index (κ3) is 5.03. The van der Waals surface area contributed by atoms with Crippen molar-refractivity contribution >= 4 is 33.8 Å². The van der Waals surface area contributed by atoms with Crippen molar-refractivity contribution in [2.45, 2.75) is 12.8 Å². The van der Waals surface area contributed by atoms with Gasteiger partial charge < -0.3 is 28.9 Å². The summed E-state index contributed by atoms with van der Waals surface area (Å²) in [5.41, 5.74) is 11.7. The average molecular weight is 607 g/mol. The second-order valence-electron chi connectivity index (χ2n) is 9.76. The number of halogens is 1. The highest BCUT2D eigenvalue weighted by Gasteiger charge is 2.20. The quantitative estimate of drug-likeness (QED) is 0.237. The molecule has 0 saturated heterocycles. The van der Waals surface area contributed by atoms with E-state index in [4.69, 9.17) is 0 Å². The van der Waals surface area contributed by atoms with Gasteiger partial charge >= 0.3 is 0 Å². The lowest BCUT2D eigenvalue weighted by Crippen LogP contribution is -3.00. The number of anilines is 1. The fraction of sp³-hybridized carbons (Fsp3) is 0.114. The molecule has 0 saturated carbocycles. The van der Waals surface area contributed by atoms with E-state index < -0.39 is 0 Å². The van der Waals surface area contributed by atoms with Crippen LogP contribution in [0.3, 0.4) is 0 Å². The fourth-order valence-electron chi connectivity index (χ4n) is 5.48. The molecule has 0 radical (unpaired) electrons. The minimum atomic E-state index is 0. The zero-order valence-electron chi connectivity index (χ0n) is 21.8. The number of benzene rings is 3. The highest BCUT2D eigenvalue weighted by Crippen LogP contribution is 2.40. The summed E-state index contributed by atoms with van der Waals surface area (Å²) in [4.78, 5) is 2.18. The van der Waals surface area contributed by atoms with E-state index in [1.165, 1.54) is 55.6 Å². The molecule has 2 aliphatic rings. The predicted octanol–water partition coefficient (Wildman–Crippen LogP) is 4.90. The standard InChI is InChI=1S/C35H31N2.HI/c1-36-24-22-26(31-12-6-8-14-33(31)36)16-18-29-20-21-30(35(29)28-10-4-3-5-11-28)19-17-27-23-25-37(2)34-15-9-7-13-32(27)34;/h3-19,22-25H,20-21H2,1-2H3;1H/q+1;/p-1. The van der Waals surface area contributed by atoms with E-state index in [0.717, 1.165) is 12.8 Å². The minimum Gasteiger partial charge on any atom is -1.00 e. The summed E-state index contributed by atoms with van der Waals surface area (Å²) in [7, 11) is 4.21. The number of hydrogen-bond acceptors (Lipinski definition) is 1. The van der Waals surface area contributed by atoms with Crippen LogP contribution in [0.4, 0.5) is 5.69 Å². The number of fused-ring (bicyclic) bond motifs is 2. The molecule has 4 aromatic rings. The van der Waals surface area contributed by atoms with Crippen LogP contribution in [-0.2, 0) is 7.05 Å². The Hall–Kier alpha value is -3.70. The van der Waals surface area contributed by atoms with Crippen molar-refractivity contribution in [3.05, 3.63) is 149 Å². The van der Waals surface area contributed by atoms with Gasteiger partial charge in [0.25, 0.3) is 0 Å². The van der Waals surface area contributed by atoms with E-state index in [9.17, 15) is 0 Å². The summed E-state index contributed by atoms with van der Waals surface area (Å²) in [5.74, 6) is 0. The van der Waals surface area contributed by atoms with Crippen molar-refractivity contribution in [1.29, 1.82) is 0 Å². The molecule has 2 nitrogen and oxygen atoms in total. The normalized spacial score (nSPS) is 17.1. The summed E-state index contributed by atoms with van der Waals surface area (Å²) in [6.45, 7) is 0. The monoisotopic (exact) mass is 606 g/mol. The lowest BCUT2D eigenvalue weighted by atomic mass is 9.95. The molecule has 1 aliphatic heterocycles. The van der Waals surface area contributed by atoms with Crippen LogP contribution in [0, 0.1) is 0 Å². The van der Waals surface area contributed by atoms with Crippen molar-refractivity contribution in [2.75, 3.05) is 11.9 Å². The molecule has 0 N–H and O–H groups in total. The summed E-state index contributed by atoms with van der Waals surface area (Å²) in [5, 5.41) is 1.27. The van der Waals surface area contributed by atoms with Gasteiger partial charge in [0, 0.05) is 36.6 Å². The lowest BCUT2D eigenvalue weighted by molar-refractivity contribution is -0.644. The molecule has 3 heteroatoms. The number of rotatable bonds is 4. The van der Waals surface area contributed by atoms with Gasteiger partial charge in [-0.2, -0.15) is 0 Å². The molecule has 6 rings (SSSR count). The van der Waals surface area contributed by atoms with E-state index in [2.05, 4.69) is 151 Å². The van der Waals surface area contributed by atoms with Crippen LogP contribution < -0.4 is 33.4 Å². The Balaban J connectivity index is 0.00000294. The Bertz CT molecular complexity index is 1640. The maximum Gasteiger partial charge on any atom is 0.212 e. The van der Waals surface area contributed by atoms with Gasteiger partial charge in [-0.1, -0.05) is 85.0 Å². The van der Waals surface area contributed by atoms with Gasteiger partial charge in [-0.05, 0) is 64.5 Å². The van der Waals surface area contributed by atoms with Gasteiger partial charge in [0.05, 0.1) is 5.39 Å². The van der Waals surface area contributed by atoms with E-state index >= 15 is 0 Å². The third-order valence-corrected chi connectivity index (χ3v) is 7.44. The molecule has 38 heavy (non-hydrogen) atoms. The number of pyridine rings is 1. The predicted molar refractivity (Wildman–Crippen MR) is 157 cm³/mol. The topological polar surface area (TPSA) is 7.12 Å². The van der Waals surface area contributed by atoms with E-state index in [1.807, 2.05) is 0 Å². The first-order chi connectivity index (χ1) is 18.2. The zero-order chi connectivity index (χ0) is 25.2. The zero-order valence-corrected chi connectivity index (χ0v) is 24.0. The van der Waals surface area contributed by atoms with Crippen molar-refractivity contribution < 1.29 is 28.5 Å². The first-order valence-electron chi connectivity index (χ1n) is 12.9. The summed E-state index contributed by atoms with van der Waals surface area (Å²) in [6.07, 6.45) is 17.8. The smallest absolute Gasteiger partial charge is 0.212 e. The first kappa shape index (κ1) is 25.9. The van der Waals surface area contributed by atoms with E-state index in [1.54, 1.807) is 0 Å². The fourth-order valence-corrected chi connectivity index (χ4v) is 5.48. The van der Waals surface area contributed by atoms with Crippen LogP contribution in [-0.4, -0.2) is 7.05 Å². The van der Waals surface area contributed by atoms with Crippen LogP contribution in [0.2, 0.25) is 0 Å². The van der Waals surface area contributed by atoms with Gasteiger partial charge in [-0.3, -0.25) is 0 Å². The molecule has 1 aromatic heterocycles. The summed E-state index contributed by atoms with van der Waals surface area (Å²) < 4.78 is 2.18. The van der Waals surface area contributed by atoms with Gasteiger partial charge in [0.1, 0.15) is 7.05 Å². The van der Waals surface area contributed by atoms with E-state index in [0.29, 0.717) is 0 Å². The molecule has 1 aliphatic carbocycles. The van der Waals surface area contributed by atoms with Gasteiger partial charge in [0.2, 0.25) is 5.52 Å². The Labute approximate surface area is 242 Å². The second kappa shape index (κ2) is 11.4. The number of hydrogen-bond donors (Lipinski definition) is 0. The van der Waals surface area contributed by atoms with Gasteiger partial charge in [-0.25, -0.2) is 4.57 Å². The molecule has 0 amide bonds. The maximum atomic E-state index is 2.34. The van der Waals surface area contributed by atoms with Crippen LogP contribution in [0.5, 0.6) is 0 Å². The van der Waals surface area contributed by atoms with E-state index in [-0.39, 0.29) is 24.0 Å². The minimum absolute atomic E-state index is 0. The Morgan fingerprint density at radius 1 is 0.789 bits per heavy atom. The van der Waals surface area contributed by atoms with Crippen molar-refractivity contribution in [3.8, 4) is 0 Å². The molecule has 0 bridgehead atoms. The number of nitrogens with zero attached hydrogens (tertiary/aromatic N) is 2. The number of allylic oxidation sites excluding steroid dienone is 8. The molecule has 0 unspecified atom stereocenters. The van der Waals surface area contributed by atoms with Gasteiger partial charge in [-0.15, -0.1) is 0 Å². The lowest BCUT2D eigenvalue weighted by Gasteiger charge is -2.23. The van der Waals surface area contributed by atoms with Crippen molar-refractivity contribution in [1.82, 2.24) is 0 Å². The Kier molecular flexibility index (Phi) is 7.75. The SMILES string of the molecule is CN1C=C/C(=C\C=C2/CCC(/C=C/c3cc[n+](C)c4ccccc34)=C2c2ccccc2)c2ccccc21.[I-]. The largest absolute Gasteiger partial charge is 1.00 e. The van der Waals surface area contributed by atoms with Crippen LogP contribution >= 0.6 is 0 Å². The highest BCUT2D eigenvalue weighted by molar-refractivity contribution is 5.91. The molecular weight excluding hydrogens is 575 g/mol. The Morgan fingerprint density at radius 3 is 2.42 bits per heavy atom. The van der Waals surface area contributed by atoms with Crippen LogP contribution in [0.15, 0.2) is 133 Å². The van der Waals surface area contributed by atoms with Crippen LogP contribution in [0.25, 0.3) is 28.1 Å². The average Bonchev–Trinajstić information content (AvgIpc) is 3.36. The molecule has 2 heterocycles. The molecule has 0 fully saturated rings. The van der Waals surface area contributed by atoms with Crippen molar-refractivity contribution in [3.63, 3.8) is 0 Å². The molecule has 188 valence electrons. The van der Waals surface area contributed by atoms with Crippen LogP contribution in [0.1, 0.15) is 29.5 Å². The molecule has 0 atom stereocenters. The second-order valence-corrected chi connectivity index (χ2v) is 9.76. The van der Waals surface area contributed by atoms with Gasteiger partial charge in [0.15, 0.2) is 6.20 Å². The van der Waals surface area contributed by atoms with Crippen molar-refractivity contribution in [2.24, 2.45) is 7.05 Å². The highest BCUT2D eigenvalue weighted by atomic mass is 127. The summed E-state index contributed by atoms with van der Waals surface area (Å²) in [6, 6.07) is 30.3. The summed E-state index contributed by atoms with van der Waals surface area (Å²) >= 11 is 0. The number of para-hydroxylation sites is 2.